The van der Waals surface area contributed by atoms with Gasteiger partial charge in [-0.3, -0.25) is 9.59 Å². The minimum absolute atomic E-state index is 0.0751. The Morgan fingerprint density at radius 3 is 2.61 bits per heavy atom. The number of nitrogens with one attached hydrogen (secondary N) is 1. The van der Waals surface area contributed by atoms with Crippen LogP contribution in [0.5, 0.6) is 0 Å². The summed E-state index contributed by atoms with van der Waals surface area (Å²) >= 11 is 1.60. The number of hydrogen-bond donors (Lipinski definition) is 1. The average molecular weight is 399 g/mol. The molecule has 4 rings (SSSR count). The van der Waals surface area contributed by atoms with Crippen molar-refractivity contribution in [3.8, 4) is 0 Å². The molecule has 1 saturated heterocycles. The van der Waals surface area contributed by atoms with Gasteiger partial charge in [0.15, 0.2) is 0 Å². The topological polar surface area (TPSA) is 49.4 Å². The first-order chi connectivity index (χ1) is 13.6. The van der Waals surface area contributed by atoms with E-state index in [0.717, 1.165) is 60.2 Å². The number of fused-ring (bicyclic) bond motifs is 1. The van der Waals surface area contributed by atoms with Gasteiger partial charge in [-0.1, -0.05) is 43.9 Å². The molecule has 28 heavy (non-hydrogen) atoms. The summed E-state index contributed by atoms with van der Waals surface area (Å²) in [5.41, 5.74) is 1.13. The normalized spacial score (nSPS) is 21.0. The van der Waals surface area contributed by atoms with Crippen molar-refractivity contribution in [3.63, 3.8) is 0 Å². The van der Waals surface area contributed by atoms with Crippen LogP contribution in [0.4, 0.5) is 0 Å². The molecule has 4 nitrogen and oxygen atoms in total. The summed E-state index contributed by atoms with van der Waals surface area (Å²) in [5, 5.41) is 4.45. The van der Waals surface area contributed by atoms with Crippen molar-refractivity contribution >= 4 is 33.2 Å². The molecule has 1 aliphatic carbocycles. The van der Waals surface area contributed by atoms with E-state index in [4.69, 9.17) is 0 Å². The molecule has 2 aliphatic rings. The predicted octanol–water partition coefficient (Wildman–Crippen LogP) is 4.91. The molecule has 0 spiro atoms. The first kappa shape index (κ1) is 19.4. The number of rotatable bonds is 4. The Morgan fingerprint density at radius 2 is 1.82 bits per heavy atom. The number of benzene rings is 1. The van der Waals surface area contributed by atoms with Crippen LogP contribution >= 0.6 is 11.3 Å². The monoisotopic (exact) mass is 398 g/mol. The zero-order chi connectivity index (χ0) is 19.5. The first-order valence-corrected chi connectivity index (χ1v) is 11.5. The summed E-state index contributed by atoms with van der Waals surface area (Å²) in [6.45, 7) is 2.52. The SMILES string of the molecule is CC(=O)N1CCCCC[C@@H]1Cc1c(C(=O)NC2CCCC2)sc2ccccc12. The number of amides is 2. The minimum Gasteiger partial charge on any atom is -0.349 e. The molecule has 1 saturated carbocycles. The predicted molar refractivity (Wildman–Crippen MR) is 115 cm³/mol. The number of hydrogen-bond acceptors (Lipinski definition) is 3. The van der Waals surface area contributed by atoms with Crippen LogP contribution < -0.4 is 5.32 Å². The third kappa shape index (κ3) is 4.09. The molecule has 1 aromatic heterocycles. The van der Waals surface area contributed by atoms with Crippen molar-refractivity contribution in [1.29, 1.82) is 0 Å². The zero-order valence-corrected chi connectivity index (χ0v) is 17.5. The maximum Gasteiger partial charge on any atom is 0.261 e. The van der Waals surface area contributed by atoms with Gasteiger partial charge in [-0.05, 0) is 49.1 Å². The van der Waals surface area contributed by atoms with Gasteiger partial charge >= 0.3 is 0 Å². The van der Waals surface area contributed by atoms with Gasteiger partial charge < -0.3 is 10.2 Å². The molecule has 1 aromatic carbocycles. The fourth-order valence-corrected chi connectivity index (χ4v) is 5.98. The van der Waals surface area contributed by atoms with Crippen LogP contribution in [0.2, 0.25) is 0 Å². The van der Waals surface area contributed by atoms with E-state index >= 15 is 0 Å². The lowest BCUT2D eigenvalue weighted by molar-refractivity contribution is -0.131. The van der Waals surface area contributed by atoms with Crippen LogP contribution in [0.25, 0.3) is 10.1 Å². The van der Waals surface area contributed by atoms with Crippen molar-refractivity contribution in [3.05, 3.63) is 34.7 Å². The molecule has 0 unspecified atom stereocenters. The van der Waals surface area contributed by atoms with Crippen LogP contribution in [0.15, 0.2) is 24.3 Å². The van der Waals surface area contributed by atoms with Crippen LogP contribution in [0.1, 0.15) is 73.5 Å². The highest BCUT2D eigenvalue weighted by atomic mass is 32.1. The summed E-state index contributed by atoms with van der Waals surface area (Å²) in [6.07, 6.45) is 9.80. The quantitative estimate of drug-likeness (QED) is 0.796. The molecule has 2 heterocycles. The van der Waals surface area contributed by atoms with E-state index in [1.807, 2.05) is 17.0 Å². The third-order valence-electron chi connectivity index (χ3n) is 6.32. The fraction of sp³-hybridized carbons (Fsp3) is 0.565. The van der Waals surface area contributed by atoms with Crippen molar-refractivity contribution in [2.24, 2.45) is 0 Å². The van der Waals surface area contributed by atoms with Crippen molar-refractivity contribution in [1.82, 2.24) is 10.2 Å². The molecule has 0 bridgehead atoms. The lowest BCUT2D eigenvalue weighted by Crippen LogP contribution is -2.40. The highest BCUT2D eigenvalue weighted by Crippen LogP contribution is 2.34. The summed E-state index contributed by atoms with van der Waals surface area (Å²) in [6, 6.07) is 8.82. The Balaban J connectivity index is 1.66. The van der Waals surface area contributed by atoms with Gasteiger partial charge in [0, 0.05) is 30.3 Å². The molecular weight excluding hydrogens is 368 g/mol. The van der Waals surface area contributed by atoms with E-state index in [1.54, 1.807) is 18.3 Å². The Hall–Kier alpha value is -1.88. The van der Waals surface area contributed by atoms with E-state index in [1.165, 1.54) is 24.6 Å². The molecule has 0 radical (unpaired) electrons. The smallest absolute Gasteiger partial charge is 0.261 e. The van der Waals surface area contributed by atoms with Crippen molar-refractivity contribution in [2.75, 3.05) is 6.54 Å². The maximum atomic E-state index is 13.1. The number of nitrogens with zero attached hydrogens (tertiary/aromatic N) is 1. The highest BCUT2D eigenvalue weighted by Gasteiger charge is 2.28. The van der Waals surface area contributed by atoms with Crippen LogP contribution in [-0.4, -0.2) is 35.3 Å². The minimum atomic E-state index is 0.0751. The van der Waals surface area contributed by atoms with Crippen LogP contribution in [-0.2, 0) is 11.2 Å². The molecule has 2 aromatic rings. The number of carbonyl (C=O) groups is 2. The fourth-order valence-electron chi connectivity index (χ4n) is 4.85. The number of carbonyl (C=O) groups excluding carboxylic acids is 2. The zero-order valence-electron chi connectivity index (χ0n) is 16.7. The summed E-state index contributed by atoms with van der Waals surface area (Å²) in [7, 11) is 0. The molecule has 150 valence electrons. The summed E-state index contributed by atoms with van der Waals surface area (Å²) in [5.74, 6) is 0.231. The summed E-state index contributed by atoms with van der Waals surface area (Å²) < 4.78 is 1.16. The molecule has 2 fully saturated rings. The van der Waals surface area contributed by atoms with Gasteiger partial charge in [0.2, 0.25) is 5.91 Å². The van der Waals surface area contributed by atoms with Crippen molar-refractivity contribution in [2.45, 2.75) is 76.8 Å². The van der Waals surface area contributed by atoms with Gasteiger partial charge in [0.25, 0.3) is 5.91 Å². The van der Waals surface area contributed by atoms with Crippen LogP contribution in [0.3, 0.4) is 0 Å². The molecule has 2 amide bonds. The maximum absolute atomic E-state index is 13.1. The molecule has 1 aliphatic heterocycles. The van der Waals surface area contributed by atoms with E-state index in [0.29, 0.717) is 6.04 Å². The highest BCUT2D eigenvalue weighted by molar-refractivity contribution is 7.21. The Labute approximate surface area is 171 Å². The van der Waals surface area contributed by atoms with E-state index in [2.05, 4.69) is 17.4 Å². The van der Waals surface area contributed by atoms with Gasteiger partial charge in [-0.25, -0.2) is 0 Å². The van der Waals surface area contributed by atoms with E-state index < -0.39 is 0 Å². The first-order valence-electron chi connectivity index (χ1n) is 10.7. The number of thiophene rings is 1. The Kier molecular flexibility index (Phi) is 6.00. The van der Waals surface area contributed by atoms with Gasteiger partial charge in [0.05, 0.1) is 4.88 Å². The molecule has 1 N–H and O–H groups in total. The summed E-state index contributed by atoms with van der Waals surface area (Å²) in [4.78, 5) is 28.3. The van der Waals surface area contributed by atoms with Crippen molar-refractivity contribution < 1.29 is 9.59 Å². The van der Waals surface area contributed by atoms with Gasteiger partial charge in [0.1, 0.15) is 0 Å². The Morgan fingerprint density at radius 1 is 1.07 bits per heavy atom. The van der Waals surface area contributed by atoms with Gasteiger partial charge in [-0.2, -0.15) is 0 Å². The molecule has 5 heteroatoms. The van der Waals surface area contributed by atoms with Gasteiger partial charge in [-0.15, -0.1) is 11.3 Å². The third-order valence-corrected chi connectivity index (χ3v) is 7.53. The standard InChI is InChI=1S/C23H30N2O2S/c1-16(26)25-14-8-2-3-11-18(25)15-20-19-12-6-7-13-21(19)28-22(20)23(27)24-17-9-4-5-10-17/h6-7,12-13,17-18H,2-5,8-11,14-15H2,1H3,(H,24,27)/t18-/m1/s1. The second-order valence-electron chi connectivity index (χ2n) is 8.28. The second kappa shape index (κ2) is 8.64. The average Bonchev–Trinajstić information content (AvgIpc) is 3.24. The lowest BCUT2D eigenvalue weighted by atomic mass is 9.97. The van der Waals surface area contributed by atoms with E-state index in [9.17, 15) is 9.59 Å². The largest absolute Gasteiger partial charge is 0.349 e. The van der Waals surface area contributed by atoms with Crippen LogP contribution in [0, 0.1) is 0 Å². The number of likely N-dealkylation sites (tertiary alicyclic amines) is 1. The molecule has 1 atom stereocenters. The lowest BCUT2D eigenvalue weighted by Gasteiger charge is -2.29. The van der Waals surface area contributed by atoms with E-state index in [-0.39, 0.29) is 17.9 Å². The Bertz CT molecular complexity index is 853. The second-order valence-corrected chi connectivity index (χ2v) is 9.33. The molecular formula is C23H30N2O2S.